The van der Waals surface area contributed by atoms with Crippen LogP contribution >= 0.6 is 0 Å². The first-order valence-corrected chi connectivity index (χ1v) is 14.8. The van der Waals surface area contributed by atoms with Crippen LogP contribution in [0.1, 0.15) is 89.7 Å². The van der Waals surface area contributed by atoms with E-state index in [0.717, 1.165) is 56.9 Å². The maximum Gasteiger partial charge on any atom is 0.306 e. The zero-order valence-corrected chi connectivity index (χ0v) is 23.2. The number of carbonyl (C=O) groups is 1. The second-order valence-electron chi connectivity index (χ2n) is 13.7. The number of ether oxygens (including phenoxy) is 1. The SMILES string of the molecule is Cc1ccc(COC(=O)CC[C@@H](C)[C@H]2CC[C@H]3[C@@H]4[C@H](O)C[C@@H]5C[C@H](O)CC[C@]5(C)[C@H]4C[C@H](O)[C@]23C)cc1. The Kier molecular flexibility index (Phi) is 7.54. The summed E-state index contributed by atoms with van der Waals surface area (Å²) >= 11 is 0. The Bertz CT molecular complexity index is 960. The summed E-state index contributed by atoms with van der Waals surface area (Å²) in [6.07, 6.45) is 6.41. The molecule has 5 heteroatoms. The molecule has 0 radical (unpaired) electrons. The van der Waals surface area contributed by atoms with E-state index in [9.17, 15) is 20.1 Å². The van der Waals surface area contributed by atoms with Gasteiger partial charge in [0.1, 0.15) is 6.61 Å². The molecule has 4 aliphatic carbocycles. The highest BCUT2D eigenvalue weighted by Gasteiger charge is 2.65. The van der Waals surface area contributed by atoms with Crippen molar-refractivity contribution in [2.45, 2.75) is 110 Å². The van der Waals surface area contributed by atoms with Crippen LogP contribution in [0.4, 0.5) is 0 Å². The van der Waals surface area contributed by atoms with E-state index in [1.54, 1.807) is 0 Å². The quantitative estimate of drug-likeness (QED) is 0.443. The summed E-state index contributed by atoms with van der Waals surface area (Å²) in [6.45, 7) is 9.24. The molecule has 5 nitrogen and oxygen atoms in total. The summed E-state index contributed by atoms with van der Waals surface area (Å²) in [6, 6.07) is 8.06. The molecule has 0 saturated heterocycles. The second-order valence-corrected chi connectivity index (χ2v) is 13.7. The van der Waals surface area contributed by atoms with Crippen LogP contribution in [-0.2, 0) is 16.1 Å². The predicted molar refractivity (Wildman–Crippen MR) is 143 cm³/mol. The summed E-state index contributed by atoms with van der Waals surface area (Å²) in [4.78, 5) is 12.5. The zero-order chi connectivity index (χ0) is 26.5. The second kappa shape index (κ2) is 10.3. The number of benzene rings is 1. The Balaban J connectivity index is 1.23. The zero-order valence-electron chi connectivity index (χ0n) is 23.2. The Morgan fingerprint density at radius 3 is 2.49 bits per heavy atom. The smallest absolute Gasteiger partial charge is 0.306 e. The molecular weight excluding hydrogens is 464 g/mol. The van der Waals surface area contributed by atoms with Crippen LogP contribution in [0.5, 0.6) is 0 Å². The molecule has 0 unspecified atom stereocenters. The largest absolute Gasteiger partial charge is 0.461 e. The van der Waals surface area contributed by atoms with Gasteiger partial charge >= 0.3 is 5.97 Å². The van der Waals surface area contributed by atoms with Crippen LogP contribution in [-0.4, -0.2) is 39.6 Å². The van der Waals surface area contributed by atoms with Gasteiger partial charge in [-0.1, -0.05) is 50.6 Å². The number of aliphatic hydroxyl groups is 3. The third-order valence-electron chi connectivity index (χ3n) is 11.8. The molecule has 206 valence electrons. The van der Waals surface area contributed by atoms with Crippen molar-refractivity contribution in [2.75, 3.05) is 0 Å². The maximum absolute atomic E-state index is 12.5. The lowest BCUT2D eigenvalue weighted by Crippen LogP contribution is -2.62. The van der Waals surface area contributed by atoms with Gasteiger partial charge in [-0.15, -0.1) is 0 Å². The number of aryl methyl sites for hydroxylation is 1. The first-order valence-electron chi connectivity index (χ1n) is 14.8. The minimum absolute atomic E-state index is 0.0936. The van der Waals surface area contributed by atoms with Crippen LogP contribution in [0.3, 0.4) is 0 Å². The van der Waals surface area contributed by atoms with E-state index < -0.39 is 6.10 Å². The van der Waals surface area contributed by atoms with E-state index in [1.165, 1.54) is 5.56 Å². The van der Waals surface area contributed by atoms with Crippen LogP contribution in [0.15, 0.2) is 24.3 Å². The van der Waals surface area contributed by atoms with Gasteiger partial charge in [0.05, 0.1) is 18.3 Å². The molecule has 4 aliphatic rings. The minimum Gasteiger partial charge on any atom is -0.461 e. The Hall–Kier alpha value is -1.43. The number of carbonyl (C=O) groups excluding carboxylic acids is 1. The van der Waals surface area contributed by atoms with Crippen molar-refractivity contribution in [3.8, 4) is 0 Å². The van der Waals surface area contributed by atoms with Crippen molar-refractivity contribution in [1.82, 2.24) is 0 Å². The van der Waals surface area contributed by atoms with Gasteiger partial charge in [-0.3, -0.25) is 4.79 Å². The van der Waals surface area contributed by atoms with E-state index in [4.69, 9.17) is 4.74 Å². The van der Waals surface area contributed by atoms with E-state index in [0.29, 0.717) is 42.6 Å². The predicted octanol–water partition coefficient (Wildman–Crippen LogP) is 5.42. The van der Waals surface area contributed by atoms with Gasteiger partial charge < -0.3 is 20.1 Å². The molecule has 11 atom stereocenters. The highest BCUT2D eigenvalue weighted by Crippen LogP contribution is 2.68. The topological polar surface area (TPSA) is 87.0 Å². The lowest BCUT2D eigenvalue weighted by Gasteiger charge is -2.63. The third kappa shape index (κ3) is 4.78. The van der Waals surface area contributed by atoms with Gasteiger partial charge in [0.25, 0.3) is 0 Å². The Morgan fingerprint density at radius 1 is 1.03 bits per heavy atom. The van der Waals surface area contributed by atoms with Crippen molar-refractivity contribution in [2.24, 2.45) is 46.3 Å². The highest BCUT2D eigenvalue weighted by molar-refractivity contribution is 5.69. The number of hydrogen-bond acceptors (Lipinski definition) is 5. The summed E-state index contributed by atoms with van der Waals surface area (Å²) in [5, 5.41) is 33.5. The molecule has 1 aromatic rings. The fourth-order valence-electron chi connectivity index (χ4n) is 9.60. The summed E-state index contributed by atoms with van der Waals surface area (Å²) in [5.74, 6) is 1.67. The van der Waals surface area contributed by atoms with Gasteiger partial charge in [0, 0.05) is 6.42 Å². The highest BCUT2D eigenvalue weighted by atomic mass is 16.5. The summed E-state index contributed by atoms with van der Waals surface area (Å²) < 4.78 is 5.55. The van der Waals surface area contributed by atoms with E-state index >= 15 is 0 Å². The van der Waals surface area contributed by atoms with E-state index in [2.05, 4.69) is 20.8 Å². The normalized spacial score (nSPS) is 43.9. The molecule has 0 aromatic heterocycles. The molecule has 37 heavy (non-hydrogen) atoms. The molecular formula is C32H48O5. The van der Waals surface area contributed by atoms with Crippen molar-refractivity contribution in [3.63, 3.8) is 0 Å². The molecule has 0 amide bonds. The van der Waals surface area contributed by atoms with Crippen molar-refractivity contribution < 1.29 is 24.9 Å². The first-order chi connectivity index (χ1) is 17.5. The van der Waals surface area contributed by atoms with Crippen LogP contribution in [0.25, 0.3) is 0 Å². The average Bonchev–Trinajstić information content (AvgIpc) is 3.22. The molecule has 0 spiro atoms. The van der Waals surface area contributed by atoms with Crippen LogP contribution in [0, 0.1) is 53.3 Å². The molecule has 0 bridgehead atoms. The number of esters is 1. The molecule has 0 heterocycles. The lowest BCUT2D eigenvalue weighted by molar-refractivity contribution is -0.207. The number of hydrogen-bond donors (Lipinski definition) is 3. The summed E-state index contributed by atoms with van der Waals surface area (Å²) in [5.41, 5.74) is 2.06. The molecule has 4 fully saturated rings. The number of fused-ring (bicyclic) bond motifs is 5. The molecule has 1 aromatic carbocycles. The molecule has 0 aliphatic heterocycles. The molecule has 5 rings (SSSR count). The minimum atomic E-state index is -0.392. The van der Waals surface area contributed by atoms with Gasteiger partial charge in [0.15, 0.2) is 0 Å². The van der Waals surface area contributed by atoms with Gasteiger partial charge in [-0.2, -0.15) is 0 Å². The fourth-order valence-corrected chi connectivity index (χ4v) is 9.60. The first kappa shape index (κ1) is 27.1. The Labute approximate surface area is 223 Å². The number of rotatable bonds is 6. The van der Waals surface area contributed by atoms with Gasteiger partial charge in [0.2, 0.25) is 0 Å². The maximum atomic E-state index is 12.5. The fraction of sp³-hybridized carbons (Fsp3) is 0.781. The lowest BCUT2D eigenvalue weighted by atomic mass is 9.43. The Morgan fingerprint density at radius 2 is 1.76 bits per heavy atom. The average molecular weight is 513 g/mol. The van der Waals surface area contributed by atoms with Crippen molar-refractivity contribution in [1.29, 1.82) is 0 Å². The van der Waals surface area contributed by atoms with Crippen molar-refractivity contribution >= 4 is 5.97 Å². The summed E-state index contributed by atoms with van der Waals surface area (Å²) in [7, 11) is 0. The van der Waals surface area contributed by atoms with Gasteiger partial charge in [-0.25, -0.2) is 0 Å². The monoisotopic (exact) mass is 512 g/mol. The standard InChI is InChI=1S/C32H48O5/c1-19-5-8-21(9-6-19)18-37-29(36)12-7-20(2)24-10-11-25-30-26(17-28(35)32(24,25)4)31(3)14-13-23(33)15-22(31)16-27(30)34/h5-6,8-9,20,22-28,30,33-35H,7,10-18H2,1-4H3/t20-,22+,23-,24-,25+,26+,27-,28+,30+,31+,32-/m1/s1. The number of aliphatic hydroxyl groups excluding tert-OH is 3. The van der Waals surface area contributed by atoms with E-state index in [1.807, 2.05) is 31.2 Å². The van der Waals surface area contributed by atoms with Crippen LogP contribution in [0.2, 0.25) is 0 Å². The third-order valence-corrected chi connectivity index (χ3v) is 11.8. The van der Waals surface area contributed by atoms with Crippen LogP contribution < -0.4 is 0 Å². The molecule has 3 N–H and O–H groups in total. The van der Waals surface area contributed by atoms with Crippen molar-refractivity contribution in [3.05, 3.63) is 35.4 Å². The van der Waals surface area contributed by atoms with Gasteiger partial charge in [-0.05, 0) is 110 Å². The van der Waals surface area contributed by atoms with E-state index in [-0.39, 0.29) is 34.9 Å². The molecule has 4 saturated carbocycles.